The molecule has 0 spiro atoms. The van der Waals surface area contributed by atoms with Gasteiger partial charge in [0.25, 0.3) is 0 Å². The number of hydrogen-bond donors (Lipinski definition) is 0. The van der Waals surface area contributed by atoms with Gasteiger partial charge in [-0.25, -0.2) is 4.79 Å². The molecule has 0 bridgehead atoms. The van der Waals surface area contributed by atoms with Crippen molar-refractivity contribution in [1.29, 1.82) is 0 Å². The molecule has 4 nitrogen and oxygen atoms in total. The fourth-order valence-corrected chi connectivity index (χ4v) is 2.32. The second kappa shape index (κ2) is 9.77. The minimum atomic E-state index is -0.341. The van der Waals surface area contributed by atoms with Gasteiger partial charge in [0.1, 0.15) is 5.75 Å². The molecule has 1 aromatic carbocycles. The number of carbonyl (C=O) groups excluding carboxylic acids is 1. The van der Waals surface area contributed by atoms with Gasteiger partial charge in [0.2, 0.25) is 0 Å². The summed E-state index contributed by atoms with van der Waals surface area (Å²) in [4.78, 5) is 11.1. The summed E-state index contributed by atoms with van der Waals surface area (Å²) in [6, 6.07) is 7.79. The van der Waals surface area contributed by atoms with Crippen molar-refractivity contribution in [3.8, 4) is 5.75 Å². The average molecular weight is 390 g/mol. The highest BCUT2D eigenvalue weighted by Crippen LogP contribution is 2.22. The van der Waals surface area contributed by atoms with Crippen LogP contribution in [0.15, 0.2) is 36.4 Å². The van der Waals surface area contributed by atoms with Crippen LogP contribution in [-0.2, 0) is 14.3 Å². The van der Waals surface area contributed by atoms with Crippen LogP contribution in [0.1, 0.15) is 18.6 Å². The minimum absolute atomic E-state index is 0.00616. The topological polar surface area (TPSA) is 44.8 Å². The zero-order valence-electron chi connectivity index (χ0n) is 11.7. The normalized spacial score (nSPS) is 12.3. The zero-order chi connectivity index (χ0) is 14.8. The first kappa shape index (κ1) is 17.0. The lowest BCUT2D eigenvalue weighted by molar-refractivity contribution is -0.137. The van der Waals surface area contributed by atoms with E-state index in [9.17, 15) is 4.79 Å². The number of esters is 1. The van der Waals surface area contributed by atoms with Crippen molar-refractivity contribution in [1.82, 2.24) is 0 Å². The van der Waals surface area contributed by atoms with Crippen molar-refractivity contribution in [2.75, 3.05) is 24.8 Å². The summed E-state index contributed by atoms with van der Waals surface area (Å²) in [5, 5.41) is 0. The first-order valence-electron chi connectivity index (χ1n) is 6.36. The Balaban J connectivity index is 2.48. The molecule has 1 atom stereocenters. The van der Waals surface area contributed by atoms with Crippen molar-refractivity contribution in [2.24, 2.45) is 0 Å². The number of alkyl halides is 1. The molecule has 0 heterocycles. The highest BCUT2D eigenvalue weighted by atomic mass is 127. The quantitative estimate of drug-likeness (QED) is 0.296. The van der Waals surface area contributed by atoms with Gasteiger partial charge in [-0.15, -0.1) is 0 Å². The molecule has 0 saturated carbocycles. The molecule has 0 aliphatic carbocycles. The maximum Gasteiger partial charge on any atom is 0.330 e. The Kier molecular flexibility index (Phi) is 8.29. The van der Waals surface area contributed by atoms with Gasteiger partial charge in [0, 0.05) is 10.5 Å². The van der Waals surface area contributed by atoms with Gasteiger partial charge in [-0.1, -0.05) is 40.8 Å². The number of ether oxygens (including phenoxy) is 3. The van der Waals surface area contributed by atoms with Crippen LogP contribution in [0, 0.1) is 0 Å². The highest BCUT2D eigenvalue weighted by Gasteiger charge is 2.09. The molecule has 1 aromatic rings. The van der Waals surface area contributed by atoms with Crippen LogP contribution in [0.2, 0.25) is 0 Å². The molecule has 0 radical (unpaired) electrons. The van der Waals surface area contributed by atoms with Crippen molar-refractivity contribution >= 4 is 28.6 Å². The highest BCUT2D eigenvalue weighted by molar-refractivity contribution is 14.1. The van der Waals surface area contributed by atoms with Crippen LogP contribution in [0.25, 0.3) is 0 Å². The van der Waals surface area contributed by atoms with Crippen LogP contribution in [0.3, 0.4) is 0 Å². The lowest BCUT2D eigenvalue weighted by Crippen LogP contribution is -2.06. The number of carbonyl (C=O) groups is 1. The van der Waals surface area contributed by atoms with Crippen LogP contribution in [-0.4, -0.2) is 30.7 Å². The summed E-state index contributed by atoms with van der Waals surface area (Å²) in [5.41, 5.74) is 1.09. The molecule has 1 rings (SSSR count). The third-order valence-electron chi connectivity index (χ3n) is 2.56. The van der Waals surface area contributed by atoms with E-state index in [1.165, 1.54) is 6.08 Å². The van der Waals surface area contributed by atoms with Crippen molar-refractivity contribution in [3.05, 3.63) is 42.0 Å². The molecule has 0 aromatic heterocycles. The zero-order valence-corrected chi connectivity index (χ0v) is 13.8. The van der Waals surface area contributed by atoms with E-state index in [-0.39, 0.29) is 12.1 Å². The monoisotopic (exact) mass is 390 g/mol. The largest absolute Gasteiger partial charge is 0.497 e. The molecule has 110 valence electrons. The Morgan fingerprint density at radius 3 is 2.60 bits per heavy atom. The van der Waals surface area contributed by atoms with Crippen molar-refractivity contribution < 1.29 is 19.0 Å². The van der Waals surface area contributed by atoms with Crippen LogP contribution < -0.4 is 4.74 Å². The maximum atomic E-state index is 11.1. The fraction of sp³-hybridized carbons (Fsp3) is 0.400. The van der Waals surface area contributed by atoms with Gasteiger partial charge < -0.3 is 14.2 Å². The van der Waals surface area contributed by atoms with Gasteiger partial charge in [0.05, 0.1) is 26.4 Å². The summed E-state index contributed by atoms with van der Waals surface area (Å²) in [5.74, 6) is 0.481. The van der Waals surface area contributed by atoms with E-state index >= 15 is 0 Å². The van der Waals surface area contributed by atoms with Crippen molar-refractivity contribution in [3.63, 3.8) is 0 Å². The standard InChI is InChI=1S/C15H19IO4/c1-3-19-15(17)5-4-10-20-14(11-16)12-6-8-13(18-2)9-7-12/h4-9,14H,3,10-11H2,1-2H3/b5-4+. The maximum absolute atomic E-state index is 11.1. The smallest absolute Gasteiger partial charge is 0.330 e. The molecule has 0 saturated heterocycles. The summed E-state index contributed by atoms with van der Waals surface area (Å²) >= 11 is 2.28. The number of rotatable bonds is 8. The summed E-state index contributed by atoms with van der Waals surface area (Å²) in [7, 11) is 1.64. The Bertz CT molecular complexity index is 428. The van der Waals surface area contributed by atoms with E-state index in [2.05, 4.69) is 22.6 Å². The average Bonchev–Trinajstić information content (AvgIpc) is 2.48. The van der Waals surface area contributed by atoms with Crippen molar-refractivity contribution in [2.45, 2.75) is 13.0 Å². The number of hydrogen-bond acceptors (Lipinski definition) is 4. The van der Waals surface area contributed by atoms with Gasteiger partial charge in [-0.3, -0.25) is 0 Å². The summed E-state index contributed by atoms with van der Waals surface area (Å²) in [6.45, 7) is 2.53. The van der Waals surface area contributed by atoms with Crippen LogP contribution in [0.5, 0.6) is 5.75 Å². The van der Waals surface area contributed by atoms with Crippen LogP contribution >= 0.6 is 22.6 Å². The third kappa shape index (κ3) is 5.92. The predicted octanol–water partition coefficient (Wildman–Crippen LogP) is 3.31. The molecular formula is C15H19IO4. The molecule has 0 fully saturated rings. The minimum Gasteiger partial charge on any atom is -0.497 e. The first-order chi connectivity index (χ1) is 9.71. The number of methoxy groups -OCH3 is 1. The molecule has 0 aliphatic rings. The molecule has 0 N–H and O–H groups in total. The van der Waals surface area contributed by atoms with E-state index < -0.39 is 0 Å². The van der Waals surface area contributed by atoms with E-state index in [4.69, 9.17) is 14.2 Å². The Morgan fingerprint density at radius 2 is 2.05 bits per heavy atom. The molecule has 5 heteroatoms. The third-order valence-corrected chi connectivity index (χ3v) is 3.36. The second-order valence-electron chi connectivity index (χ2n) is 3.90. The predicted molar refractivity (Wildman–Crippen MR) is 86.3 cm³/mol. The van der Waals surface area contributed by atoms with Crippen LogP contribution in [0.4, 0.5) is 0 Å². The lowest BCUT2D eigenvalue weighted by Gasteiger charge is -2.15. The van der Waals surface area contributed by atoms with E-state index in [1.807, 2.05) is 24.3 Å². The Morgan fingerprint density at radius 1 is 1.35 bits per heavy atom. The van der Waals surface area contributed by atoms with Gasteiger partial charge >= 0.3 is 5.97 Å². The summed E-state index contributed by atoms with van der Waals surface area (Å²) < 4.78 is 16.5. The van der Waals surface area contributed by atoms with E-state index in [0.29, 0.717) is 13.2 Å². The van der Waals surface area contributed by atoms with Gasteiger partial charge in [-0.05, 0) is 24.6 Å². The molecule has 0 aliphatic heterocycles. The Labute approximate surface area is 133 Å². The van der Waals surface area contributed by atoms with E-state index in [1.54, 1.807) is 20.1 Å². The lowest BCUT2D eigenvalue weighted by atomic mass is 10.1. The van der Waals surface area contributed by atoms with Gasteiger partial charge in [0.15, 0.2) is 0 Å². The SMILES string of the molecule is CCOC(=O)/C=C/COC(CI)c1ccc(OC)cc1. The molecule has 20 heavy (non-hydrogen) atoms. The van der Waals surface area contributed by atoms with Gasteiger partial charge in [-0.2, -0.15) is 0 Å². The Hall–Kier alpha value is -1.08. The molecule has 0 amide bonds. The first-order valence-corrected chi connectivity index (χ1v) is 7.88. The summed E-state index contributed by atoms with van der Waals surface area (Å²) in [6.07, 6.45) is 3.05. The fourth-order valence-electron chi connectivity index (χ4n) is 1.55. The number of benzene rings is 1. The van der Waals surface area contributed by atoms with E-state index in [0.717, 1.165) is 15.7 Å². The number of halogens is 1. The molecular weight excluding hydrogens is 371 g/mol. The molecule has 1 unspecified atom stereocenters. The second-order valence-corrected chi connectivity index (χ2v) is 4.78.